The van der Waals surface area contributed by atoms with Gasteiger partial charge in [0.05, 0.1) is 5.69 Å². The molecular weight excluding hydrogens is 273 g/mol. The first-order chi connectivity index (χ1) is 10.1. The van der Waals surface area contributed by atoms with Crippen molar-refractivity contribution in [3.05, 3.63) is 59.9 Å². The lowest BCUT2D eigenvalue weighted by molar-refractivity contribution is -0.122. The molecule has 5 heteroatoms. The van der Waals surface area contributed by atoms with Gasteiger partial charge in [-0.3, -0.25) is 9.59 Å². The minimum Gasteiger partial charge on any atom is -0.481 e. The molecule has 0 fully saturated rings. The maximum Gasteiger partial charge on any atom is 0.265 e. The summed E-state index contributed by atoms with van der Waals surface area (Å²) in [7, 11) is 0. The molecule has 2 aromatic carbocycles. The number of halogens is 1. The smallest absolute Gasteiger partial charge is 0.265 e. The number of rotatable bonds is 5. The minimum absolute atomic E-state index is 0.106. The monoisotopic (exact) mass is 287 g/mol. The molecule has 0 bridgehead atoms. The third-order valence-electron chi connectivity index (χ3n) is 2.83. The second-order valence-electron chi connectivity index (χ2n) is 4.42. The first-order valence-electron chi connectivity index (χ1n) is 6.37. The highest BCUT2D eigenvalue weighted by Gasteiger charge is 2.16. The van der Waals surface area contributed by atoms with E-state index in [-0.39, 0.29) is 5.69 Å². The molecule has 0 spiro atoms. The van der Waals surface area contributed by atoms with E-state index in [4.69, 9.17) is 4.74 Å². The van der Waals surface area contributed by atoms with Crippen molar-refractivity contribution in [2.75, 3.05) is 5.32 Å². The molecule has 0 saturated heterocycles. The fourth-order valence-corrected chi connectivity index (χ4v) is 1.68. The number of carbonyl (C=O) groups is 2. The van der Waals surface area contributed by atoms with E-state index in [0.29, 0.717) is 11.3 Å². The number of anilines is 1. The minimum atomic E-state index is -0.799. The summed E-state index contributed by atoms with van der Waals surface area (Å²) in [6.45, 7) is 1.56. The lowest BCUT2D eigenvalue weighted by atomic mass is 10.2. The summed E-state index contributed by atoms with van der Waals surface area (Å²) in [6, 6.07) is 12.3. The number of para-hydroxylation sites is 1. The summed E-state index contributed by atoms with van der Waals surface area (Å²) >= 11 is 0. The summed E-state index contributed by atoms with van der Waals surface area (Å²) < 4.78 is 18.9. The Kier molecular flexibility index (Phi) is 4.66. The Morgan fingerprint density at radius 2 is 1.86 bits per heavy atom. The van der Waals surface area contributed by atoms with E-state index in [1.165, 1.54) is 12.1 Å². The van der Waals surface area contributed by atoms with Crippen molar-refractivity contribution in [1.82, 2.24) is 0 Å². The highest BCUT2D eigenvalue weighted by molar-refractivity contribution is 5.94. The summed E-state index contributed by atoms with van der Waals surface area (Å²) in [5.74, 6) is -0.510. The van der Waals surface area contributed by atoms with E-state index in [1.807, 2.05) is 0 Å². The molecule has 0 aromatic heterocycles. The summed E-state index contributed by atoms with van der Waals surface area (Å²) in [6.07, 6.45) is -0.0790. The average molecular weight is 287 g/mol. The molecule has 1 atom stereocenters. The molecule has 108 valence electrons. The van der Waals surface area contributed by atoms with Crippen LogP contribution in [0.1, 0.15) is 17.3 Å². The largest absolute Gasteiger partial charge is 0.481 e. The van der Waals surface area contributed by atoms with Crippen LogP contribution in [-0.4, -0.2) is 18.3 Å². The van der Waals surface area contributed by atoms with E-state index in [9.17, 15) is 14.0 Å². The molecule has 2 rings (SSSR count). The second kappa shape index (κ2) is 6.65. The van der Waals surface area contributed by atoms with Crippen LogP contribution in [0.2, 0.25) is 0 Å². The van der Waals surface area contributed by atoms with Crippen LogP contribution < -0.4 is 10.1 Å². The SMILES string of the molecule is CC(Oc1ccc(C=O)cc1)C(=O)Nc1ccccc1F. The molecule has 0 aliphatic heterocycles. The first kappa shape index (κ1) is 14.7. The Morgan fingerprint density at radius 1 is 1.19 bits per heavy atom. The summed E-state index contributed by atoms with van der Waals surface area (Å²) in [4.78, 5) is 22.5. The third-order valence-corrected chi connectivity index (χ3v) is 2.83. The summed E-state index contributed by atoms with van der Waals surface area (Å²) in [5.41, 5.74) is 0.625. The van der Waals surface area contributed by atoms with Crippen LogP contribution in [0.4, 0.5) is 10.1 Å². The van der Waals surface area contributed by atoms with Gasteiger partial charge in [-0.1, -0.05) is 12.1 Å². The van der Waals surface area contributed by atoms with Crippen molar-refractivity contribution >= 4 is 17.9 Å². The second-order valence-corrected chi connectivity index (χ2v) is 4.42. The topological polar surface area (TPSA) is 55.4 Å². The van der Waals surface area contributed by atoms with Crippen LogP contribution in [0.3, 0.4) is 0 Å². The van der Waals surface area contributed by atoms with E-state index in [0.717, 1.165) is 6.29 Å². The van der Waals surface area contributed by atoms with Crippen LogP contribution in [0, 0.1) is 5.82 Å². The van der Waals surface area contributed by atoms with Crippen molar-refractivity contribution in [1.29, 1.82) is 0 Å². The number of benzene rings is 2. The van der Waals surface area contributed by atoms with Gasteiger partial charge in [-0.15, -0.1) is 0 Å². The predicted octanol–water partition coefficient (Wildman–Crippen LogP) is 3.04. The van der Waals surface area contributed by atoms with Gasteiger partial charge < -0.3 is 10.1 Å². The molecule has 1 unspecified atom stereocenters. The molecule has 0 saturated carbocycles. The molecule has 0 aliphatic rings. The van der Waals surface area contributed by atoms with Gasteiger partial charge in [0.2, 0.25) is 0 Å². The normalized spacial score (nSPS) is 11.5. The number of ether oxygens (including phenoxy) is 1. The van der Waals surface area contributed by atoms with E-state index < -0.39 is 17.8 Å². The zero-order valence-electron chi connectivity index (χ0n) is 11.4. The summed E-state index contributed by atoms with van der Waals surface area (Å²) in [5, 5.41) is 2.46. The molecule has 0 aliphatic carbocycles. The maximum atomic E-state index is 13.4. The first-order valence-corrected chi connectivity index (χ1v) is 6.37. The highest BCUT2D eigenvalue weighted by Crippen LogP contribution is 2.16. The van der Waals surface area contributed by atoms with Gasteiger partial charge in [0.15, 0.2) is 6.10 Å². The Balaban J connectivity index is 1.99. The average Bonchev–Trinajstić information content (AvgIpc) is 2.50. The Hall–Kier alpha value is -2.69. The molecule has 1 N–H and O–H groups in total. The number of amides is 1. The predicted molar refractivity (Wildman–Crippen MR) is 76.9 cm³/mol. The van der Waals surface area contributed by atoms with E-state index in [1.54, 1.807) is 43.3 Å². The van der Waals surface area contributed by atoms with Gasteiger partial charge in [0.1, 0.15) is 17.9 Å². The fraction of sp³-hybridized carbons (Fsp3) is 0.125. The van der Waals surface area contributed by atoms with Crippen molar-refractivity contribution in [3.8, 4) is 5.75 Å². The number of hydrogen-bond donors (Lipinski definition) is 1. The molecule has 2 aromatic rings. The van der Waals surface area contributed by atoms with Gasteiger partial charge in [-0.05, 0) is 43.3 Å². The van der Waals surface area contributed by atoms with Crippen molar-refractivity contribution in [3.63, 3.8) is 0 Å². The Labute approximate surface area is 121 Å². The van der Waals surface area contributed by atoms with Crippen LogP contribution in [0.25, 0.3) is 0 Å². The lowest BCUT2D eigenvalue weighted by Crippen LogP contribution is -2.30. The van der Waals surface area contributed by atoms with Gasteiger partial charge in [-0.25, -0.2) is 4.39 Å². The standard InChI is InChI=1S/C16H14FNO3/c1-11(21-13-8-6-12(10-19)7-9-13)16(20)18-15-5-3-2-4-14(15)17/h2-11H,1H3,(H,18,20). The van der Waals surface area contributed by atoms with Crippen LogP contribution in [-0.2, 0) is 4.79 Å². The van der Waals surface area contributed by atoms with E-state index >= 15 is 0 Å². The molecule has 1 amide bonds. The quantitative estimate of drug-likeness (QED) is 0.860. The van der Waals surface area contributed by atoms with Crippen molar-refractivity contribution in [2.24, 2.45) is 0 Å². The molecular formula is C16H14FNO3. The zero-order chi connectivity index (χ0) is 15.2. The Bertz CT molecular complexity index is 640. The van der Waals surface area contributed by atoms with Crippen LogP contribution in [0.5, 0.6) is 5.75 Å². The van der Waals surface area contributed by atoms with Crippen molar-refractivity contribution in [2.45, 2.75) is 13.0 Å². The van der Waals surface area contributed by atoms with Gasteiger partial charge >= 0.3 is 0 Å². The number of nitrogens with one attached hydrogen (secondary N) is 1. The van der Waals surface area contributed by atoms with Gasteiger partial charge in [-0.2, -0.15) is 0 Å². The number of aldehydes is 1. The zero-order valence-corrected chi connectivity index (χ0v) is 11.4. The van der Waals surface area contributed by atoms with E-state index in [2.05, 4.69) is 5.32 Å². The molecule has 0 heterocycles. The van der Waals surface area contributed by atoms with Crippen molar-refractivity contribution < 1.29 is 18.7 Å². The molecule has 4 nitrogen and oxygen atoms in total. The molecule has 21 heavy (non-hydrogen) atoms. The fourth-order valence-electron chi connectivity index (χ4n) is 1.68. The molecule has 0 radical (unpaired) electrons. The van der Waals surface area contributed by atoms with Gasteiger partial charge in [0, 0.05) is 5.56 Å². The van der Waals surface area contributed by atoms with Crippen LogP contribution >= 0.6 is 0 Å². The lowest BCUT2D eigenvalue weighted by Gasteiger charge is -2.15. The number of carbonyl (C=O) groups excluding carboxylic acids is 2. The maximum absolute atomic E-state index is 13.4. The highest BCUT2D eigenvalue weighted by atomic mass is 19.1. The van der Waals surface area contributed by atoms with Gasteiger partial charge in [0.25, 0.3) is 5.91 Å². The Morgan fingerprint density at radius 3 is 2.48 bits per heavy atom. The van der Waals surface area contributed by atoms with Crippen LogP contribution in [0.15, 0.2) is 48.5 Å². The number of hydrogen-bond acceptors (Lipinski definition) is 3. The third kappa shape index (κ3) is 3.89.